The number of amides is 1. The fourth-order valence-electron chi connectivity index (χ4n) is 4.50. The minimum atomic E-state index is -1.15. The summed E-state index contributed by atoms with van der Waals surface area (Å²) in [6.45, 7) is 6.65. The van der Waals surface area contributed by atoms with Crippen LogP contribution < -0.4 is 19.7 Å². The van der Waals surface area contributed by atoms with E-state index in [9.17, 15) is 14.7 Å². The van der Waals surface area contributed by atoms with Gasteiger partial charge in [0.15, 0.2) is 17.4 Å². The van der Waals surface area contributed by atoms with Crippen LogP contribution in [0, 0.1) is 5.92 Å². The van der Waals surface area contributed by atoms with Gasteiger partial charge < -0.3 is 29.1 Å². The fourth-order valence-corrected chi connectivity index (χ4v) is 4.50. The molecule has 2 aromatic rings. The highest BCUT2D eigenvalue weighted by Crippen LogP contribution is 2.36. The molecule has 0 saturated carbocycles. The molecule has 0 unspecified atom stereocenters. The molecular weight excluding hydrogens is 464 g/mol. The molecule has 2 heterocycles. The number of methoxy groups -OCH3 is 1. The van der Waals surface area contributed by atoms with E-state index in [2.05, 4.69) is 10.2 Å². The van der Waals surface area contributed by atoms with Gasteiger partial charge in [0.2, 0.25) is 11.9 Å². The highest BCUT2D eigenvalue weighted by molar-refractivity contribution is 6.08. The molecule has 10 nitrogen and oxygen atoms in total. The number of piperazine rings is 1. The third-order valence-electron chi connectivity index (χ3n) is 6.27. The van der Waals surface area contributed by atoms with E-state index in [1.165, 1.54) is 6.07 Å². The Balaban J connectivity index is 1.60. The average Bonchev–Trinajstić information content (AvgIpc) is 2.89. The zero-order valence-corrected chi connectivity index (χ0v) is 20.8. The maximum Gasteiger partial charge on any atom is 0.321 e. The van der Waals surface area contributed by atoms with Crippen LogP contribution in [-0.2, 0) is 14.3 Å². The van der Waals surface area contributed by atoms with Crippen LogP contribution in [0.15, 0.2) is 47.5 Å². The lowest BCUT2D eigenvalue weighted by atomic mass is 9.91. The summed E-state index contributed by atoms with van der Waals surface area (Å²) in [6, 6.07) is 11.8. The van der Waals surface area contributed by atoms with E-state index in [0.717, 1.165) is 11.4 Å². The normalized spacial score (nSPS) is 19.9. The number of hydrogen-bond donors (Lipinski definition) is 2. The zero-order valence-electron chi connectivity index (χ0n) is 20.8. The van der Waals surface area contributed by atoms with Crippen molar-refractivity contribution in [3.63, 3.8) is 0 Å². The largest absolute Gasteiger partial charge is 0.504 e. The van der Waals surface area contributed by atoms with Gasteiger partial charge in [0.05, 0.1) is 26.0 Å². The summed E-state index contributed by atoms with van der Waals surface area (Å²) < 4.78 is 16.2. The maximum atomic E-state index is 13.2. The lowest BCUT2D eigenvalue weighted by Gasteiger charge is -2.40. The molecule has 1 fully saturated rings. The number of aliphatic imine (C=N–C) groups is 1. The number of nitrogens with zero attached hydrogens (tertiary/aromatic N) is 3. The van der Waals surface area contributed by atoms with Gasteiger partial charge in [-0.05, 0) is 43.7 Å². The van der Waals surface area contributed by atoms with Crippen LogP contribution in [0.3, 0.4) is 0 Å². The van der Waals surface area contributed by atoms with E-state index in [-0.39, 0.29) is 18.1 Å². The number of phenols is 1. The van der Waals surface area contributed by atoms with Gasteiger partial charge in [0.1, 0.15) is 11.8 Å². The standard InChI is InChI=1S/C26H32N4O6/c1-4-35-21-16-17(10-11-19(21)31)23-22(25(33)36-5-2)24(32)28-26(27-23)30-14-12-29(13-15-30)18-8-6-7-9-20(18)34-3/h6-11,16,22-23,31H,4-5,12-15H2,1-3H3,(H,27,28,32)/t22-,23-/m0/s1. The Morgan fingerprint density at radius 3 is 2.47 bits per heavy atom. The summed E-state index contributed by atoms with van der Waals surface area (Å²) in [7, 11) is 1.65. The number of ether oxygens (including phenoxy) is 3. The molecule has 1 saturated heterocycles. The first-order valence-electron chi connectivity index (χ1n) is 12.1. The molecule has 1 amide bonds. The summed E-state index contributed by atoms with van der Waals surface area (Å²) in [5.74, 6) is -0.796. The van der Waals surface area contributed by atoms with Gasteiger partial charge in [-0.25, -0.2) is 4.99 Å². The Morgan fingerprint density at radius 2 is 1.78 bits per heavy atom. The average molecular weight is 497 g/mol. The number of carbonyl (C=O) groups excluding carboxylic acids is 2. The number of phenolic OH excluding ortho intramolecular Hbond substituents is 1. The lowest BCUT2D eigenvalue weighted by molar-refractivity contribution is -0.153. The van der Waals surface area contributed by atoms with Crippen LogP contribution in [0.5, 0.6) is 17.2 Å². The summed E-state index contributed by atoms with van der Waals surface area (Å²) in [5, 5.41) is 13.0. The van der Waals surface area contributed by atoms with Gasteiger partial charge in [-0.3, -0.25) is 14.9 Å². The van der Waals surface area contributed by atoms with Crippen molar-refractivity contribution in [1.82, 2.24) is 10.2 Å². The predicted molar refractivity (Wildman–Crippen MR) is 134 cm³/mol. The number of benzene rings is 2. The summed E-state index contributed by atoms with van der Waals surface area (Å²) >= 11 is 0. The molecule has 4 rings (SSSR count). The molecule has 2 N–H and O–H groups in total. The molecule has 0 radical (unpaired) electrons. The van der Waals surface area contributed by atoms with Crippen LogP contribution >= 0.6 is 0 Å². The second kappa shape index (κ2) is 11.2. The Hall–Kier alpha value is -3.95. The number of rotatable bonds is 7. The number of para-hydroxylation sites is 2. The second-order valence-corrected chi connectivity index (χ2v) is 8.42. The molecule has 0 spiro atoms. The number of hydrogen-bond acceptors (Lipinski definition) is 9. The topological polar surface area (TPSA) is 113 Å². The number of carbonyl (C=O) groups is 2. The summed E-state index contributed by atoms with van der Waals surface area (Å²) in [4.78, 5) is 34.9. The molecule has 0 aromatic heterocycles. The lowest BCUT2D eigenvalue weighted by Crippen LogP contribution is -2.57. The number of anilines is 1. The second-order valence-electron chi connectivity index (χ2n) is 8.42. The molecule has 0 bridgehead atoms. The van der Waals surface area contributed by atoms with Crippen molar-refractivity contribution in [2.45, 2.75) is 19.9 Å². The van der Waals surface area contributed by atoms with Gasteiger partial charge in [0.25, 0.3) is 0 Å². The Kier molecular flexibility index (Phi) is 7.82. The first-order valence-corrected chi connectivity index (χ1v) is 12.1. The van der Waals surface area contributed by atoms with Crippen LogP contribution in [0.4, 0.5) is 5.69 Å². The van der Waals surface area contributed by atoms with Crippen LogP contribution in [0.25, 0.3) is 0 Å². The zero-order chi connectivity index (χ0) is 25.7. The quantitative estimate of drug-likeness (QED) is 0.444. The third-order valence-corrected chi connectivity index (χ3v) is 6.27. The van der Waals surface area contributed by atoms with E-state index in [4.69, 9.17) is 19.2 Å². The number of guanidine groups is 1. The van der Waals surface area contributed by atoms with Crippen molar-refractivity contribution in [3.05, 3.63) is 48.0 Å². The van der Waals surface area contributed by atoms with Crippen molar-refractivity contribution in [2.75, 3.05) is 51.4 Å². The molecule has 0 aliphatic carbocycles. The van der Waals surface area contributed by atoms with Gasteiger partial charge in [-0.2, -0.15) is 0 Å². The van der Waals surface area contributed by atoms with Crippen LogP contribution in [-0.4, -0.2) is 74.3 Å². The molecule has 10 heteroatoms. The molecule has 2 aromatic carbocycles. The van der Waals surface area contributed by atoms with E-state index in [0.29, 0.717) is 44.3 Å². The highest BCUT2D eigenvalue weighted by atomic mass is 16.5. The van der Waals surface area contributed by atoms with Gasteiger partial charge in [0, 0.05) is 26.2 Å². The predicted octanol–water partition coefficient (Wildman–Crippen LogP) is 2.33. The molecule has 192 valence electrons. The Bertz CT molecular complexity index is 1130. The number of aromatic hydroxyl groups is 1. The maximum absolute atomic E-state index is 13.2. The summed E-state index contributed by atoms with van der Waals surface area (Å²) in [6.07, 6.45) is 0. The minimum Gasteiger partial charge on any atom is -0.504 e. The van der Waals surface area contributed by atoms with Crippen molar-refractivity contribution >= 4 is 23.5 Å². The van der Waals surface area contributed by atoms with Gasteiger partial charge in [-0.15, -0.1) is 0 Å². The minimum absolute atomic E-state index is 0.0230. The molecule has 2 atom stereocenters. The van der Waals surface area contributed by atoms with Crippen LogP contribution in [0.1, 0.15) is 25.5 Å². The molecule has 36 heavy (non-hydrogen) atoms. The van der Waals surface area contributed by atoms with Crippen molar-refractivity contribution in [3.8, 4) is 17.2 Å². The smallest absolute Gasteiger partial charge is 0.321 e. The van der Waals surface area contributed by atoms with E-state index in [1.54, 1.807) is 26.2 Å². The number of nitrogens with one attached hydrogen (secondary N) is 1. The Labute approximate surface area is 210 Å². The number of esters is 1. The Morgan fingerprint density at radius 1 is 1.06 bits per heavy atom. The van der Waals surface area contributed by atoms with Crippen molar-refractivity contribution in [2.24, 2.45) is 10.9 Å². The highest BCUT2D eigenvalue weighted by Gasteiger charge is 2.42. The van der Waals surface area contributed by atoms with Crippen molar-refractivity contribution in [1.29, 1.82) is 0 Å². The van der Waals surface area contributed by atoms with Gasteiger partial charge in [-0.1, -0.05) is 18.2 Å². The van der Waals surface area contributed by atoms with E-state index in [1.807, 2.05) is 36.1 Å². The SMILES string of the molecule is CCOC(=O)[C@@H]1C(=O)NC(N2CCN(c3ccccc3OC)CC2)=N[C@H]1c1ccc(O)c(OCC)c1. The van der Waals surface area contributed by atoms with E-state index >= 15 is 0 Å². The monoisotopic (exact) mass is 496 g/mol. The van der Waals surface area contributed by atoms with E-state index < -0.39 is 23.8 Å². The third kappa shape index (κ3) is 5.17. The molecule has 2 aliphatic heterocycles. The van der Waals surface area contributed by atoms with Crippen molar-refractivity contribution < 1.29 is 28.9 Å². The first-order chi connectivity index (χ1) is 17.5. The summed E-state index contributed by atoms with van der Waals surface area (Å²) in [5.41, 5.74) is 1.59. The fraction of sp³-hybridized carbons (Fsp3) is 0.423. The van der Waals surface area contributed by atoms with Crippen LogP contribution in [0.2, 0.25) is 0 Å². The first kappa shape index (κ1) is 25.2. The molecule has 2 aliphatic rings. The van der Waals surface area contributed by atoms with Gasteiger partial charge >= 0.3 is 5.97 Å². The molecular formula is C26H32N4O6.